The third-order valence-electron chi connectivity index (χ3n) is 1.90. The first-order chi connectivity index (χ1) is 7.08. The molecule has 78 valence electrons. The van der Waals surface area contributed by atoms with Crippen LogP contribution >= 0.6 is 15.9 Å². The minimum atomic E-state index is -0.915. The second kappa shape index (κ2) is 3.62. The van der Waals surface area contributed by atoms with Gasteiger partial charge in [0.2, 0.25) is 0 Å². The molecular weight excluding hydrogens is 268 g/mol. The number of nitrogens with one attached hydrogen (secondary N) is 1. The molecule has 1 aromatic carbocycles. The van der Waals surface area contributed by atoms with E-state index in [0.29, 0.717) is 21.5 Å². The van der Waals surface area contributed by atoms with E-state index in [9.17, 15) is 8.78 Å². The quantitative estimate of drug-likeness (QED) is 0.785. The average molecular weight is 274 g/mol. The second-order valence-corrected chi connectivity index (χ2v) is 3.81. The maximum atomic E-state index is 13.0. The lowest BCUT2D eigenvalue weighted by Crippen LogP contribution is -1.88. The van der Waals surface area contributed by atoms with Gasteiger partial charge >= 0.3 is 0 Å². The van der Waals surface area contributed by atoms with Crippen molar-refractivity contribution in [2.45, 2.75) is 0 Å². The fourth-order valence-electron chi connectivity index (χ4n) is 1.20. The minimum Gasteiger partial charge on any atom is -0.382 e. The van der Waals surface area contributed by atoms with Crippen LogP contribution in [-0.2, 0) is 0 Å². The Bertz CT molecular complexity index is 510. The predicted molar refractivity (Wildman–Crippen MR) is 56.1 cm³/mol. The highest BCUT2D eigenvalue weighted by Gasteiger charge is 2.11. The molecule has 0 amide bonds. The summed E-state index contributed by atoms with van der Waals surface area (Å²) in [5, 5.41) is 6.32. The molecule has 0 radical (unpaired) electrons. The molecule has 0 saturated heterocycles. The molecule has 0 spiro atoms. The van der Waals surface area contributed by atoms with Crippen LogP contribution in [0.25, 0.3) is 11.3 Å². The summed E-state index contributed by atoms with van der Waals surface area (Å²) in [5.74, 6) is -1.53. The van der Waals surface area contributed by atoms with Crippen molar-refractivity contribution in [3.63, 3.8) is 0 Å². The van der Waals surface area contributed by atoms with Crippen molar-refractivity contribution in [2.75, 3.05) is 5.73 Å². The van der Waals surface area contributed by atoms with E-state index >= 15 is 0 Å². The number of aromatic amines is 1. The van der Waals surface area contributed by atoms with Gasteiger partial charge in [0.15, 0.2) is 11.6 Å². The van der Waals surface area contributed by atoms with Gasteiger partial charge in [-0.15, -0.1) is 0 Å². The lowest BCUT2D eigenvalue weighted by atomic mass is 10.1. The van der Waals surface area contributed by atoms with Gasteiger partial charge in [-0.3, -0.25) is 5.10 Å². The van der Waals surface area contributed by atoms with Crippen molar-refractivity contribution in [1.82, 2.24) is 10.2 Å². The van der Waals surface area contributed by atoms with E-state index in [1.807, 2.05) is 0 Å². The van der Waals surface area contributed by atoms with Crippen LogP contribution in [-0.4, -0.2) is 10.2 Å². The first kappa shape index (κ1) is 10.1. The second-order valence-electron chi connectivity index (χ2n) is 2.95. The average Bonchev–Trinajstić information content (AvgIpc) is 2.58. The molecule has 3 N–H and O–H groups in total. The molecule has 1 aromatic heterocycles. The number of hydrogen-bond acceptors (Lipinski definition) is 2. The van der Waals surface area contributed by atoms with Crippen LogP contribution < -0.4 is 5.73 Å². The third-order valence-corrected chi connectivity index (χ3v) is 2.55. The number of hydrogen-bond donors (Lipinski definition) is 2. The number of nitrogens with zero attached hydrogens (tertiary/aromatic N) is 1. The van der Waals surface area contributed by atoms with Gasteiger partial charge in [0.25, 0.3) is 0 Å². The lowest BCUT2D eigenvalue weighted by molar-refractivity contribution is 0.508. The molecular formula is C9H6BrF2N3. The fraction of sp³-hybridized carbons (Fsp3) is 0. The molecule has 6 heteroatoms. The zero-order valence-corrected chi connectivity index (χ0v) is 8.98. The maximum Gasteiger partial charge on any atom is 0.159 e. The minimum absolute atomic E-state index is 0.293. The zero-order chi connectivity index (χ0) is 11.0. The lowest BCUT2D eigenvalue weighted by Gasteiger charge is -2.02. The first-order valence-electron chi connectivity index (χ1n) is 4.03. The van der Waals surface area contributed by atoms with Gasteiger partial charge in [-0.05, 0) is 28.1 Å². The summed E-state index contributed by atoms with van der Waals surface area (Å²) >= 11 is 3.13. The van der Waals surface area contributed by atoms with Gasteiger partial charge < -0.3 is 5.73 Å². The topological polar surface area (TPSA) is 54.7 Å². The molecule has 3 nitrogen and oxygen atoms in total. The van der Waals surface area contributed by atoms with Gasteiger partial charge in [0.1, 0.15) is 5.82 Å². The fourth-order valence-corrected chi connectivity index (χ4v) is 1.73. The summed E-state index contributed by atoms with van der Waals surface area (Å²) in [6.45, 7) is 0. The van der Waals surface area contributed by atoms with Crippen LogP contribution in [0.3, 0.4) is 0 Å². The summed E-state index contributed by atoms with van der Waals surface area (Å²) in [4.78, 5) is 0. The molecule has 2 rings (SSSR count). The van der Waals surface area contributed by atoms with E-state index in [1.165, 1.54) is 6.07 Å². The maximum absolute atomic E-state index is 13.0. The first-order valence-corrected chi connectivity index (χ1v) is 4.83. The number of nitrogens with two attached hydrogens (primary N) is 1. The number of nitrogen functional groups attached to an aromatic ring is 1. The van der Waals surface area contributed by atoms with Crippen LogP contribution in [0, 0.1) is 11.6 Å². The molecule has 0 aliphatic carbocycles. The van der Waals surface area contributed by atoms with Crippen molar-refractivity contribution in [2.24, 2.45) is 0 Å². The van der Waals surface area contributed by atoms with Crippen molar-refractivity contribution in [3.8, 4) is 11.3 Å². The Hall–Kier alpha value is -1.43. The largest absolute Gasteiger partial charge is 0.382 e. The Kier molecular flexibility index (Phi) is 2.44. The van der Waals surface area contributed by atoms with Crippen molar-refractivity contribution < 1.29 is 8.78 Å². The van der Waals surface area contributed by atoms with Crippen LogP contribution in [0.15, 0.2) is 22.7 Å². The Morgan fingerprint density at radius 2 is 1.87 bits per heavy atom. The number of halogens is 3. The van der Waals surface area contributed by atoms with E-state index in [4.69, 9.17) is 5.73 Å². The van der Waals surface area contributed by atoms with Crippen molar-refractivity contribution in [1.29, 1.82) is 0 Å². The highest BCUT2D eigenvalue weighted by Crippen LogP contribution is 2.29. The van der Waals surface area contributed by atoms with Crippen molar-refractivity contribution in [3.05, 3.63) is 34.3 Å². The van der Waals surface area contributed by atoms with Crippen LogP contribution in [0.5, 0.6) is 0 Å². The van der Waals surface area contributed by atoms with Gasteiger partial charge in [0, 0.05) is 16.1 Å². The van der Waals surface area contributed by atoms with Crippen LogP contribution in [0.1, 0.15) is 0 Å². The smallest absolute Gasteiger partial charge is 0.159 e. The molecule has 0 aliphatic rings. The van der Waals surface area contributed by atoms with Gasteiger partial charge in [-0.2, -0.15) is 5.10 Å². The molecule has 2 aromatic rings. The predicted octanol–water partition coefficient (Wildman–Crippen LogP) is 2.70. The highest BCUT2D eigenvalue weighted by atomic mass is 79.9. The van der Waals surface area contributed by atoms with E-state index in [1.54, 1.807) is 0 Å². The number of aromatic nitrogens is 2. The van der Waals surface area contributed by atoms with Gasteiger partial charge in [-0.25, -0.2) is 8.78 Å². The molecule has 0 bridgehead atoms. The number of rotatable bonds is 1. The van der Waals surface area contributed by atoms with E-state index in [0.717, 1.165) is 12.1 Å². The summed E-state index contributed by atoms with van der Waals surface area (Å²) in [6, 6.07) is 3.67. The Labute approximate surface area is 92.4 Å². The van der Waals surface area contributed by atoms with E-state index in [-0.39, 0.29) is 0 Å². The van der Waals surface area contributed by atoms with Crippen LogP contribution in [0.2, 0.25) is 0 Å². The zero-order valence-electron chi connectivity index (χ0n) is 7.39. The van der Waals surface area contributed by atoms with Crippen LogP contribution in [0.4, 0.5) is 14.6 Å². The molecule has 0 saturated carbocycles. The Balaban J connectivity index is 2.58. The van der Waals surface area contributed by atoms with E-state index < -0.39 is 11.6 Å². The molecule has 15 heavy (non-hydrogen) atoms. The standard InChI is InChI=1S/C9H6BrF2N3/c10-5-2-7(12)6(11)1-4(5)8-3-9(13)15-14-8/h1-3H,(H3,13,14,15). The Morgan fingerprint density at radius 1 is 1.20 bits per heavy atom. The summed E-state index contributed by atoms with van der Waals surface area (Å²) in [5.41, 5.74) is 6.41. The molecule has 0 unspecified atom stereocenters. The molecule has 0 atom stereocenters. The molecule has 1 heterocycles. The summed E-state index contributed by atoms with van der Waals surface area (Å²) in [6.07, 6.45) is 0. The third kappa shape index (κ3) is 1.85. The summed E-state index contributed by atoms with van der Waals surface area (Å²) in [7, 11) is 0. The number of H-pyrrole nitrogens is 1. The SMILES string of the molecule is Nc1cc(-c2cc(F)c(F)cc2Br)[nH]n1. The van der Waals surface area contributed by atoms with Crippen molar-refractivity contribution >= 4 is 21.7 Å². The Morgan fingerprint density at radius 3 is 2.47 bits per heavy atom. The molecule has 0 aliphatic heterocycles. The number of anilines is 1. The molecule has 0 fully saturated rings. The van der Waals surface area contributed by atoms with Gasteiger partial charge in [0.05, 0.1) is 5.69 Å². The summed E-state index contributed by atoms with van der Waals surface area (Å²) < 4.78 is 26.3. The number of benzene rings is 1. The monoisotopic (exact) mass is 273 g/mol. The normalized spacial score (nSPS) is 10.6. The highest BCUT2D eigenvalue weighted by molar-refractivity contribution is 9.10. The van der Waals surface area contributed by atoms with Gasteiger partial charge in [-0.1, -0.05) is 0 Å². The van der Waals surface area contributed by atoms with E-state index in [2.05, 4.69) is 26.1 Å².